The Morgan fingerprint density at radius 2 is 2.07 bits per heavy atom. The second-order valence-corrected chi connectivity index (χ2v) is 7.79. The fraction of sp³-hybridized carbons (Fsp3) is 0.333. The zero-order chi connectivity index (χ0) is 18.8. The summed E-state index contributed by atoms with van der Waals surface area (Å²) in [6.45, 7) is 5.33. The van der Waals surface area contributed by atoms with Gasteiger partial charge in [0.2, 0.25) is 0 Å². The molecule has 5 nitrogen and oxygen atoms in total. The van der Waals surface area contributed by atoms with Gasteiger partial charge >= 0.3 is 0 Å². The average molecular weight is 382 g/mol. The molecule has 0 spiro atoms. The molecule has 0 bridgehead atoms. The summed E-state index contributed by atoms with van der Waals surface area (Å²) < 4.78 is 12.6. The van der Waals surface area contributed by atoms with Crippen LogP contribution in [-0.2, 0) is 4.74 Å². The van der Waals surface area contributed by atoms with Crippen molar-refractivity contribution in [1.82, 2.24) is 4.98 Å². The molecule has 1 N–H and O–H groups in total. The van der Waals surface area contributed by atoms with E-state index in [-0.39, 0.29) is 12.0 Å². The first-order chi connectivity index (χ1) is 13.1. The fourth-order valence-corrected chi connectivity index (χ4v) is 4.22. The number of para-hydroxylation sites is 1. The predicted octanol–water partition coefficient (Wildman–Crippen LogP) is 4.72. The number of aromatic nitrogens is 1. The second-order valence-electron chi connectivity index (χ2n) is 6.79. The van der Waals surface area contributed by atoms with Gasteiger partial charge in [-0.15, -0.1) is 0 Å². The topological polar surface area (TPSA) is 60.5 Å². The number of benzene rings is 2. The Kier molecular flexibility index (Phi) is 5.09. The second kappa shape index (κ2) is 7.66. The maximum Gasteiger partial charge on any atom is 0.261 e. The van der Waals surface area contributed by atoms with Gasteiger partial charge in [-0.1, -0.05) is 35.6 Å². The van der Waals surface area contributed by atoms with E-state index in [2.05, 4.69) is 29.4 Å². The lowest BCUT2D eigenvalue weighted by Gasteiger charge is -2.14. The molecule has 2 heterocycles. The Hall–Kier alpha value is -2.44. The first kappa shape index (κ1) is 17.9. The van der Waals surface area contributed by atoms with Crippen LogP contribution in [0.3, 0.4) is 0 Å². The van der Waals surface area contributed by atoms with Gasteiger partial charge in [-0.3, -0.25) is 10.1 Å². The van der Waals surface area contributed by atoms with E-state index in [9.17, 15) is 4.79 Å². The monoisotopic (exact) mass is 382 g/mol. The largest absolute Gasteiger partial charge is 0.490 e. The molecular weight excluding hydrogens is 360 g/mol. The Morgan fingerprint density at radius 1 is 1.26 bits per heavy atom. The third-order valence-corrected chi connectivity index (χ3v) is 5.85. The summed E-state index contributed by atoms with van der Waals surface area (Å²) in [7, 11) is 0. The lowest BCUT2D eigenvalue weighted by Crippen LogP contribution is -2.19. The molecule has 1 aliphatic rings. The number of thiazole rings is 1. The van der Waals surface area contributed by atoms with Crippen LogP contribution in [0.2, 0.25) is 0 Å². The molecule has 1 atom stereocenters. The summed E-state index contributed by atoms with van der Waals surface area (Å²) in [4.78, 5) is 17.4. The minimum absolute atomic E-state index is 0.108. The molecular formula is C21H22N2O3S. The quantitative estimate of drug-likeness (QED) is 0.693. The molecule has 4 rings (SSSR count). The number of ether oxygens (including phenoxy) is 2. The number of hydrogen-bond donors (Lipinski definition) is 1. The van der Waals surface area contributed by atoms with Crippen LogP contribution < -0.4 is 10.1 Å². The number of rotatable bonds is 5. The molecule has 1 aromatic heterocycles. The van der Waals surface area contributed by atoms with Crippen molar-refractivity contribution in [2.24, 2.45) is 0 Å². The van der Waals surface area contributed by atoms with E-state index >= 15 is 0 Å². The molecule has 0 saturated carbocycles. The van der Waals surface area contributed by atoms with E-state index in [1.54, 1.807) is 6.07 Å². The van der Waals surface area contributed by atoms with Crippen LogP contribution in [0.25, 0.3) is 10.2 Å². The molecule has 2 aromatic carbocycles. The van der Waals surface area contributed by atoms with Crippen LogP contribution in [0.15, 0.2) is 36.4 Å². The molecule has 140 valence electrons. The van der Waals surface area contributed by atoms with Crippen molar-refractivity contribution in [3.05, 3.63) is 53.1 Å². The van der Waals surface area contributed by atoms with Crippen molar-refractivity contribution in [3.8, 4) is 5.75 Å². The number of carbonyl (C=O) groups is 1. The highest BCUT2D eigenvalue weighted by Crippen LogP contribution is 2.31. The van der Waals surface area contributed by atoms with E-state index < -0.39 is 0 Å². The highest BCUT2D eigenvalue weighted by Gasteiger charge is 2.19. The standard InChI is InChI=1S/C21H22N2O3S/c1-13-9-10-14(2)19-18(13)22-21(27-19)23-20(24)16-7-3-4-8-17(16)26-12-15-6-5-11-25-15/h3-4,7-10,15H,5-6,11-12H2,1-2H3,(H,22,23,24). The van der Waals surface area contributed by atoms with Crippen LogP contribution in [0.1, 0.15) is 34.3 Å². The number of aryl methyl sites for hydroxylation is 2. The highest BCUT2D eigenvalue weighted by molar-refractivity contribution is 7.22. The third-order valence-electron chi connectivity index (χ3n) is 4.74. The maximum absolute atomic E-state index is 12.8. The van der Waals surface area contributed by atoms with Crippen molar-refractivity contribution in [1.29, 1.82) is 0 Å². The van der Waals surface area contributed by atoms with Gasteiger partial charge in [-0.25, -0.2) is 4.98 Å². The summed E-state index contributed by atoms with van der Waals surface area (Å²) in [5.41, 5.74) is 3.71. The van der Waals surface area contributed by atoms with Gasteiger partial charge in [0, 0.05) is 6.61 Å². The van der Waals surface area contributed by atoms with Crippen LogP contribution in [-0.4, -0.2) is 30.2 Å². The van der Waals surface area contributed by atoms with Gasteiger partial charge in [0.05, 0.1) is 21.9 Å². The predicted molar refractivity (Wildman–Crippen MR) is 108 cm³/mol. The minimum Gasteiger partial charge on any atom is -0.490 e. The lowest BCUT2D eigenvalue weighted by atomic mass is 10.1. The average Bonchev–Trinajstić information content (AvgIpc) is 3.33. The lowest BCUT2D eigenvalue weighted by molar-refractivity contribution is 0.0673. The molecule has 1 fully saturated rings. The number of anilines is 1. The van der Waals surface area contributed by atoms with E-state index in [1.807, 2.05) is 25.1 Å². The van der Waals surface area contributed by atoms with Gasteiger partial charge in [-0.05, 0) is 49.9 Å². The molecule has 0 aliphatic carbocycles. The summed E-state index contributed by atoms with van der Waals surface area (Å²) in [6.07, 6.45) is 2.17. The van der Waals surface area contributed by atoms with Crippen LogP contribution in [0.5, 0.6) is 5.75 Å². The molecule has 0 radical (unpaired) electrons. The van der Waals surface area contributed by atoms with Gasteiger partial charge < -0.3 is 9.47 Å². The zero-order valence-corrected chi connectivity index (χ0v) is 16.3. The molecule has 6 heteroatoms. The molecule has 27 heavy (non-hydrogen) atoms. The summed E-state index contributed by atoms with van der Waals surface area (Å²) in [5.74, 6) is 0.353. The number of nitrogens with zero attached hydrogens (tertiary/aromatic N) is 1. The number of fused-ring (bicyclic) bond motifs is 1. The molecule has 1 saturated heterocycles. The molecule has 1 unspecified atom stereocenters. The minimum atomic E-state index is -0.215. The zero-order valence-electron chi connectivity index (χ0n) is 15.5. The number of carbonyl (C=O) groups excluding carboxylic acids is 1. The van der Waals surface area contributed by atoms with Crippen molar-refractivity contribution in [2.75, 3.05) is 18.5 Å². The smallest absolute Gasteiger partial charge is 0.261 e. The normalized spacial score (nSPS) is 16.6. The van der Waals surface area contributed by atoms with Crippen LogP contribution in [0.4, 0.5) is 5.13 Å². The van der Waals surface area contributed by atoms with E-state index in [0.29, 0.717) is 23.1 Å². The van der Waals surface area contributed by atoms with Crippen molar-refractivity contribution in [2.45, 2.75) is 32.8 Å². The Balaban J connectivity index is 1.53. The molecule has 3 aromatic rings. The maximum atomic E-state index is 12.8. The highest BCUT2D eigenvalue weighted by atomic mass is 32.1. The Labute approximate surface area is 162 Å². The van der Waals surface area contributed by atoms with Gasteiger partial charge in [0.1, 0.15) is 12.4 Å². The van der Waals surface area contributed by atoms with Gasteiger partial charge in [-0.2, -0.15) is 0 Å². The number of amides is 1. The number of nitrogens with one attached hydrogen (secondary N) is 1. The Morgan fingerprint density at radius 3 is 2.85 bits per heavy atom. The van der Waals surface area contributed by atoms with E-state index in [1.165, 1.54) is 11.3 Å². The summed E-state index contributed by atoms with van der Waals surface area (Å²) in [6, 6.07) is 11.4. The SMILES string of the molecule is Cc1ccc(C)c2sc(NC(=O)c3ccccc3OCC3CCCO3)nc12. The van der Waals surface area contributed by atoms with Gasteiger partial charge in [0.15, 0.2) is 5.13 Å². The number of hydrogen-bond acceptors (Lipinski definition) is 5. The summed E-state index contributed by atoms with van der Waals surface area (Å²) >= 11 is 1.50. The van der Waals surface area contributed by atoms with E-state index in [0.717, 1.165) is 40.8 Å². The Bertz CT molecular complexity index is 938. The van der Waals surface area contributed by atoms with Gasteiger partial charge in [0.25, 0.3) is 5.91 Å². The molecule has 1 aliphatic heterocycles. The van der Waals surface area contributed by atoms with Crippen molar-refractivity contribution in [3.63, 3.8) is 0 Å². The third kappa shape index (κ3) is 3.82. The first-order valence-corrected chi connectivity index (χ1v) is 9.95. The van der Waals surface area contributed by atoms with Crippen molar-refractivity contribution < 1.29 is 14.3 Å². The van der Waals surface area contributed by atoms with E-state index in [4.69, 9.17) is 9.47 Å². The summed E-state index contributed by atoms with van der Waals surface area (Å²) in [5, 5.41) is 3.53. The van der Waals surface area contributed by atoms with Crippen LogP contribution >= 0.6 is 11.3 Å². The fourth-order valence-electron chi connectivity index (χ4n) is 3.22. The van der Waals surface area contributed by atoms with Crippen molar-refractivity contribution >= 4 is 32.6 Å². The first-order valence-electron chi connectivity index (χ1n) is 9.13. The molecule has 1 amide bonds. The van der Waals surface area contributed by atoms with Crippen LogP contribution in [0, 0.1) is 13.8 Å².